The number of nitrogens with one attached hydrogen (secondary N) is 1. The molecule has 0 unspecified atom stereocenters. The smallest absolute Gasteiger partial charge is 0.180 e. The van der Waals surface area contributed by atoms with Gasteiger partial charge in [-0.3, -0.25) is 0 Å². The van der Waals surface area contributed by atoms with E-state index in [1.807, 2.05) is 37.3 Å². The summed E-state index contributed by atoms with van der Waals surface area (Å²) in [5.74, 6) is 2.49. The van der Waals surface area contributed by atoms with Crippen LogP contribution in [0.5, 0.6) is 23.0 Å². The van der Waals surface area contributed by atoms with Crippen molar-refractivity contribution in [1.82, 2.24) is 5.32 Å². The third-order valence-electron chi connectivity index (χ3n) is 5.16. The van der Waals surface area contributed by atoms with Gasteiger partial charge in [0.15, 0.2) is 23.0 Å². The van der Waals surface area contributed by atoms with E-state index < -0.39 is 0 Å². The van der Waals surface area contributed by atoms with Crippen LogP contribution in [0.3, 0.4) is 0 Å². The first-order valence-electron chi connectivity index (χ1n) is 10.9. The van der Waals surface area contributed by atoms with Crippen molar-refractivity contribution in [3.8, 4) is 23.0 Å². The molecule has 0 saturated carbocycles. The second kappa shape index (κ2) is 13.0. The van der Waals surface area contributed by atoms with Crippen LogP contribution in [0.15, 0.2) is 48.5 Å². The fourth-order valence-electron chi connectivity index (χ4n) is 3.44. The Morgan fingerprint density at radius 2 is 1.47 bits per heavy atom. The Bertz CT molecular complexity index is 1090. The largest absolute Gasteiger partial charge is 0.493 e. The quantitative estimate of drug-likeness (QED) is 0.259. The van der Waals surface area contributed by atoms with Gasteiger partial charge in [0.25, 0.3) is 0 Å². The Balaban J connectivity index is 1.63. The van der Waals surface area contributed by atoms with Gasteiger partial charge in [0.05, 0.1) is 25.8 Å². The number of rotatable bonds is 12. The Morgan fingerprint density at radius 1 is 0.765 bits per heavy atom. The van der Waals surface area contributed by atoms with Gasteiger partial charge in [0.1, 0.15) is 6.61 Å². The normalized spacial score (nSPS) is 10.8. The Labute approximate surface area is 215 Å². The molecule has 0 amide bonds. The number of hydrogen-bond acceptors (Lipinski definition) is 5. The van der Waals surface area contributed by atoms with Gasteiger partial charge in [-0.15, -0.1) is 0 Å². The summed E-state index contributed by atoms with van der Waals surface area (Å²) in [6.45, 7) is 3.98. The van der Waals surface area contributed by atoms with Gasteiger partial charge < -0.3 is 24.3 Å². The third-order valence-corrected chi connectivity index (χ3v) is 6.15. The molecule has 0 saturated heterocycles. The van der Waals surface area contributed by atoms with Crippen molar-refractivity contribution in [2.45, 2.75) is 26.5 Å². The number of methoxy groups -OCH3 is 2. The van der Waals surface area contributed by atoms with E-state index in [4.69, 9.17) is 53.8 Å². The predicted octanol–water partition coefficient (Wildman–Crippen LogP) is 6.97. The van der Waals surface area contributed by atoms with Crippen LogP contribution in [-0.2, 0) is 19.6 Å². The summed E-state index contributed by atoms with van der Waals surface area (Å²) in [4.78, 5) is 0. The summed E-state index contributed by atoms with van der Waals surface area (Å²) in [5, 5.41) is 4.98. The van der Waals surface area contributed by atoms with Crippen LogP contribution < -0.4 is 24.3 Å². The molecular formula is C26H28Cl3NO4. The molecule has 0 bridgehead atoms. The van der Waals surface area contributed by atoms with Crippen LogP contribution in [0, 0.1) is 0 Å². The van der Waals surface area contributed by atoms with Crippen LogP contribution in [0.25, 0.3) is 0 Å². The molecule has 0 aromatic heterocycles. The zero-order valence-corrected chi connectivity index (χ0v) is 21.7. The molecule has 5 nitrogen and oxygen atoms in total. The third kappa shape index (κ3) is 6.86. The molecule has 0 heterocycles. The summed E-state index contributed by atoms with van der Waals surface area (Å²) in [5.41, 5.74) is 2.84. The van der Waals surface area contributed by atoms with Crippen LogP contribution in [0.1, 0.15) is 23.6 Å². The van der Waals surface area contributed by atoms with Gasteiger partial charge in [-0.25, -0.2) is 0 Å². The Morgan fingerprint density at radius 3 is 2.15 bits per heavy atom. The van der Waals surface area contributed by atoms with E-state index in [9.17, 15) is 0 Å². The maximum absolute atomic E-state index is 6.56. The number of ether oxygens (including phenoxy) is 4. The van der Waals surface area contributed by atoms with E-state index in [2.05, 4.69) is 5.32 Å². The number of benzene rings is 3. The molecule has 0 fully saturated rings. The van der Waals surface area contributed by atoms with Gasteiger partial charge in [-0.2, -0.15) is 0 Å². The second-order valence-electron chi connectivity index (χ2n) is 7.44. The molecule has 0 spiro atoms. The highest BCUT2D eigenvalue weighted by Gasteiger charge is 2.15. The molecule has 34 heavy (non-hydrogen) atoms. The van der Waals surface area contributed by atoms with Gasteiger partial charge in [0, 0.05) is 22.2 Å². The molecule has 0 aliphatic carbocycles. The van der Waals surface area contributed by atoms with Crippen molar-refractivity contribution < 1.29 is 18.9 Å². The highest BCUT2D eigenvalue weighted by molar-refractivity contribution is 6.36. The second-order valence-corrected chi connectivity index (χ2v) is 8.66. The van der Waals surface area contributed by atoms with Crippen molar-refractivity contribution in [3.05, 3.63) is 80.3 Å². The van der Waals surface area contributed by atoms with Crippen LogP contribution in [-0.4, -0.2) is 27.4 Å². The fourth-order valence-corrected chi connectivity index (χ4v) is 4.24. The lowest BCUT2D eigenvalue weighted by Gasteiger charge is -2.16. The molecule has 0 radical (unpaired) electrons. The van der Waals surface area contributed by atoms with Crippen molar-refractivity contribution in [2.24, 2.45) is 0 Å². The van der Waals surface area contributed by atoms with E-state index in [-0.39, 0.29) is 6.61 Å². The van der Waals surface area contributed by atoms with Crippen molar-refractivity contribution >= 4 is 34.8 Å². The summed E-state index contributed by atoms with van der Waals surface area (Å²) in [7, 11) is 3.26. The minimum Gasteiger partial charge on any atom is -0.493 e. The van der Waals surface area contributed by atoms with E-state index in [0.29, 0.717) is 45.3 Å². The first-order valence-corrected chi connectivity index (χ1v) is 12.0. The van der Waals surface area contributed by atoms with Crippen molar-refractivity contribution in [3.63, 3.8) is 0 Å². The maximum atomic E-state index is 6.56. The highest BCUT2D eigenvalue weighted by Crippen LogP contribution is 2.38. The van der Waals surface area contributed by atoms with E-state index in [1.54, 1.807) is 32.4 Å². The Hall–Kier alpha value is -2.31. The van der Waals surface area contributed by atoms with Gasteiger partial charge in [0.2, 0.25) is 0 Å². The minimum atomic E-state index is 0.182. The maximum Gasteiger partial charge on any atom is 0.180 e. The lowest BCUT2D eigenvalue weighted by atomic mass is 10.1. The zero-order valence-electron chi connectivity index (χ0n) is 19.4. The first-order chi connectivity index (χ1) is 16.5. The zero-order chi connectivity index (χ0) is 24.5. The SMILES string of the molecule is CCOc1cc(CNCCc2ccc(OC)c(OC)c2)cc(Cl)c1OCc1c(Cl)cccc1Cl. The van der Waals surface area contributed by atoms with Crippen LogP contribution >= 0.6 is 34.8 Å². The summed E-state index contributed by atoms with van der Waals surface area (Å²) >= 11 is 19.1. The number of halogens is 3. The number of hydrogen-bond donors (Lipinski definition) is 1. The minimum absolute atomic E-state index is 0.182. The van der Waals surface area contributed by atoms with Gasteiger partial charge in [-0.1, -0.05) is 46.9 Å². The van der Waals surface area contributed by atoms with Crippen LogP contribution in [0.4, 0.5) is 0 Å². The molecular weight excluding hydrogens is 497 g/mol. The molecule has 3 rings (SSSR count). The molecule has 0 aliphatic heterocycles. The monoisotopic (exact) mass is 523 g/mol. The fraction of sp³-hybridized carbons (Fsp3) is 0.308. The molecule has 1 N–H and O–H groups in total. The van der Waals surface area contributed by atoms with Gasteiger partial charge in [-0.05, 0) is 67.4 Å². The lowest BCUT2D eigenvalue weighted by Crippen LogP contribution is -2.17. The molecule has 0 atom stereocenters. The van der Waals surface area contributed by atoms with Crippen LogP contribution in [0.2, 0.25) is 15.1 Å². The molecule has 8 heteroatoms. The molecule has 3 aromatic carbocycles. The van der Waals surface area contributed by atoms with Crippen molar-refractivity contribution in [2.75, 3.05) is 27.4 Å². The van der Waals surface area contributed by atoms with E-state index in [0.717, 1.165) is 35.6 Å². The molecule has 0 aliphatic rings. The Kier molecular flexibility index (Phi) is 10.0. The first kappa shape index (κ1) is 26.3. The lowest BCUT2D eigenvalue weighted by molar-refractivity contribution is 0.269. The van der Waals surface area contributed by atoms with E-state index >= 15 is 0 Å². The molecule has 182 valence electrons. The predicted molar refractivity (Wildman–Crippen MR) is 138 cm³/mol. The van der Waals surface area contributed by atoms with Gasteiger partial charge >= 0.3 is 0 Å². The summed E-state index contributed by atoms with van der Waals surface area (Å²) in [6.07, 6.45) is 0.839. The summed E-state index contributed by atoms with van der Waals surface area (Å²) in [6, 6.07) is 15.1. The topological polar surface area (TPSA) is 49.0 Å². The average Bonchev–Trinajstić information content (AvgIpc) is 2.82. The summed E-state index contributed by atoms with van der Waals surface area (Å²) < 4.78 is 22.4. The van der Waals surface area contributed by atoms with E-state index in [1.165, 1.54) is 0 Å². The molecule has 3 aromatic rings. The standard InChI is InChI=1S/C26H28Cl3NO4/c1-4-33-25-14-18(15-30-11-10-17-8-9-23(31-2)24(13-17)32-3)12-22(29)26(25)34-16-19-20(27)6-5-7-21(19)28/h5-9,12-14,30H,4,10-11,15-16H2,1-3H3. The average molecular weight is 525 g/mol. The highest BCUT2D eigenvalue weighted by atomic mass is 35.5. The van der Waals surface area contributed by atoms with Crippen molar-refractivity contribution in [1.29, 1.82) is 0 Å².